The van der Waals surface area contributed by atoms with Crippen molar-refractivity contribution in [3.8, 4) is 5.75 Å². The van der Waals surface area contributed by atoms with Gasteiger partial charge in [-0.1, -0.05) is 26.0 Å². The number of ether oxygens (including phenoxy) is 1. The second-order valence-corrected chi connectivity index (χ2v) is 7.58. The topological polar surface area (TPSA) is 109 Å². The lowest BCUT2D eigenvalue weighted by Crippen LogP contribution is -2.32. The highest BCUT2D eigenvalue weighted by molar-refractivity contribution is 6.21. The van der Waals surface area contributed by atoms with Gasteiger partial charge < -0.3 is 15.0 Å². The van der Waals surface area contributed by atoms with E-state index >= 15 is 0 Å². The van der Waals surface area contributed by atoms with Gasteiger partial charge in [0.2, 0.25) is 11.3 Å². The molecule has 0 atom stereocenters. The third-order valence-electron chi connectivity index (χ3n) is 4.65. The molecule has 158 valence electrons. The molecular formula is C22H25N3O5. The monoisotopic (exact) mass is 411 g/mol. The van der Waals surface area contributed by atoms with E-state index in [4.69, 9.17) is 4.74 Å². The maximum absolute atomic E-state index is 12.3. The standard InChI is InChI=1S/C22H25N3O5/c1-14(2)13-30-19-12-23-15(10-18(19)26)11-24-20(27)8-5-9-25-21(28)16-6-3-4-7-17(16)22(25)29/h3-4,6-7,10,12,14H,5,8-9,11,13H2,1-2H3,(H,23,26)(H,24,27). The lowest BCUT2D eigenvalue weighted by Gasteiger charge is -2.13. The molecule has 2 heterocycles. The summed E-state index contributed by atoms with van der Waals surface area (Å²) in [6.07, 6.45) is 2.01. The SMILES string of the molecule is CC(C)COc1c[nH]c(CNC(=O)CCCN2C(=O)c3ccccc3C2=O)cc1=O. The van der Waals surface area contributed by atoms with Gasteiger partial charge in [-0.2, -0.15) is 0 Å². The Morgan fingerprint density at radius 3 is 2.40 bits per heavy atom. The minimum atomic E-state index is -0.326. The number of carbonyl (C=O) groups excluding carboxylic acids is 3. The molecule has 8 heteroatoms. The number of aromatic nitrogens is 1. The first-order valence-corrected chi connectivity index (χ1v) is 9.93. The van der Waals surface area contributed by atoms with Crippen molar-refractivity contribution in [3.63, 3.8) is 0 Å². The average molecular weight is 411 g/mol. The minimum absolute atomic E-state index is 0.160. The van der Waals surface area contributed by atoms with Crippen molar-refractivity contribution < 1.29 is 19.1 Å². The molecule has 8 nitrogen and oxygen atoms in total. The number of carbonyl (C=O) groups is 3. The fraction of sp³-hybridized carbons (Fsp3) is 0.364. The van der Waals surface area contributed by atoms with Gasteiger partial charge in [0.05, 0.1) is 24.3 Å². The van der Waals surface area contributed by atoms with Crippen LogP contribution in [0.15, 0.2) is 41.3 Å². The van der Waals surface area contributed by atoms with Crippen LogP contribution in [0.1, 0.15) is 53.1 Å². The van der Waals surface area contributed by atoms with Gasteiger partial charge in [0.15, 0.2) is 5.75 Å². The number of nitrogens with one attached hydrogen (secondary N) is 2. The Kier molecular flexibility index (Phi) is 6.66. The molecule has 3 rings (SSSR count). The Bertz CT molecular complexity index is 977. The van der Waals surface area contributed by atoms with Crippen LogP contribution in [0.2, 0.25) is 0 Å². The Hall–Kier alpha value is -3.42. The summed E-state index contributed by atoms with van der Waals surface area (Å²) in [6.45, 7) is 4.79. The summed E-state index contributed by atoms with van der Waals surface area (Å²) in [6, 6.07) is 8.08. The number of nitrogens with zero attached hydrogens (tertiary/aromatic N) is 1. The summed E-state index contributed by atoms with van der Waals surface area (Å²) in [5.41, 5.74) is 1.11. The van der Waals surface area contributed by atoms with Gasteiger partial charge in [-0.3, -0.25) is 24.1 Å². The van der Waals surface area contributed by atoms with Crippen LogP contribution in [0.5, 0.6) is 5.75 Å². The van der Waals surface area contributed by atoms with E-state index < -0.39 is 0 Å². The lowest BCUT2D eigenvalue weighted by molar-refractivity contribution is -0.121. The number of amides is 3. The van der Waals surface area contributed by atoms with Gasteiger partial charge in [-0.15, -0.1) is 0 Å². The Balaban J connectivity index is 1.44. The van der Waals surface area contributed by atoms with Crippen molar-refractivity contribution >= 4 is 17.7 Å². The van der Waals surface area contributed by atoms with E-state index in [0.717, 1.165) is 0 Å². The quantitative estimate of drug-likeness (QED) is 0.615. The van der Waals surface area contributed by atoms with E-state index in [1.54, 1.807) is 24.3 Å². The summed E-state index contributed by atoms with van der Waals surface area (Å²) in [4.78, 5) is 52.8. The smallest absolute Gasteiger partial charge is 0.261 e. The van der Waals surface area contributed by atoms with Gasteiger partial charge in [-0.05, 0) is 24.5 Å². The summed E-state index contributed by atoms with van der Waals surface area (Å²) >= 11 is 0. The molecule has 1 aliphatic heterocycles. The second-order valence-electron chi connectivity index (χ2n) is 7.58. The van der Waals surface area contributed by atoms with Crippen LogP contribution in [-0.4, -0.2) is 40.8 Å². The molecule has 1 aromatic heterocycles. The highest BCUT2D eigenvalue weighted by Crippen LogP contribution is 2.22. The van der Waals surface area contributed by atoms with Crippen LogP contribution in [0.4, 0.5) is 0 Å². The molecule has 2 aromatic rings. The molecule has 0 spiro atoms. The first kappa shape index (κ1) is 21.3. The lowest BCUT2D eigenvalue weighted by atomic mass is 10.1. The molecule has 0 fully saturated rings. The van der Waals surface area contributed by atoms with Gasteiger partial charge >= 0.3 is 0 Å². The first-order valence-electron chi connectivity index (χ1n) is 9.93. The number of rotatable bonds is 9. The number of hydrogen-bond acceptors (Lipinski definition) is 5. The average Bonchev–Trinajstić information content (AvgIpc) is 2.96. The van der Waals surface area contributed by atoms with Gasteiger partial charge in [0, 0.05) is 30.9 Å². The van der Waals surface area contributed by atoms with E-state index in [1.165, 1.54) is 17.2 Å². The molecule has 1 aromatic carbocycles. The van der Waals surface area contributed by atoms with Crippen LogP contribution in [0, 0.1) is 5.92 Å². The number of imide groups is 1. The second kappa shape index (κ2) is 9.39. The number of fused-ring (bicyclic) bond motifs is 1. The summed E-state index contributed by atoms with van der Waals surface area (Å²) in [5, 5.41) is 2.72. The van der Waals surface area contributed by atoms with Crippen molar-refractivity contribution in [1.29, 1.82) is 0 Å². The Morgan fingerprint density at radius 2 is 1.80 bits per heavy atom. The summed E-state index contributed by atoms with van der Waals surface area (Å²) in [5.74, 6) is -0.322. The Labute approximate surface area is 174 Å². The molecule has 2 N–H and O–H groups in total. The molecule has 0 saturated heterocycles. The van der Waals surface area contributed by atoms with Crippen LogP contribution < -0.4 is 15.5 Å². The molecule has 0 saturated carbocycles. The van der Waals surface area contributed by atoms with E-state index in [0.29, 0.717) is 35.8 Å². The third-order valence-corrected chi connectivity index (χ3v) is 4.65. The zero-order valence-corrected chi connectivity index (χ0v) is 17.1. The molecule has 1 aliphatic rings. The van der Waals surface area contributed by atoms with E-state index in [9.17, 15) is 19.2 Å². The molecule has 3 amide bonds. The minimum Gasteiger partial charge on any atom is -0.488 e. The largest absolute Gasteiger partial charge is 0.488 e. The predicted octanol–water partition coefficient (Wildman–Crippen LogP) is 2.10. The van der Waals surface area contributed by atoms with Crippen LogP contribution in [0.3, 0.4) is 0 Å². The predicted molar refractivity (Wildman–Crippen MR) is 110 cm³/mol. The number of pyridine rings is 1. The zero-order chi connectivity index (χ0) is 21.7. The first-order chi connectivity index (χ1) is 14.4. The molecule has 30 heavy (non-hydrogen) atoms. The van der Waals surface area contributed by atoms with E-state index in [1.807, 2.05) is 13.8 Å². The third kappa shape index (κ3) is 4.94. The van der Waals surface area contributed by atoms with Crippen LogP contribution in [-0.2, 0) is 11.3 Å². The van der Waals surface area contributed by atoms with Crippen LogP contribution >= 0.6 is 0 Å². The zero-order valence-electron chi connectivity index (χ0n) is 17.1. The van der Waals surface area contributed by atoms with Crippen molar-refractivity contribution in [1.82, 2.24) is 15.2 Å². The number of H-pyrrole nitrogens is 1. The number of benzene rings is 1. The Morgan fingerprint density at radius 1 is 1.13 bits per heavy atom. The van der Waals surface area contributed by atoms with Gasteiger partial charge in [0.1, 0.15) is 0 Å². The van der Waals surface area contributed by atoms with Crippen LogP contribution in [0.25, 0.3) is 0 Å². The molecular weight excluding hydrogens is 386 g/mol. The van der Waals surface area contributed by atoms with E-state index in [2.05, 4.69) is 10.3 Å². The fourth-order valence-corrected chi connectivity index (χ4v) is 3.09. The maximum atomic E-state index is 12.3. The number of hydrogen-bond donors (Lipinski definition) is 2. The molecule has 0 bridgehead atoms. The molecule has 0 aliphatic carbocycles. The fourth-order valence-electron chi connectivity index (χ4n) is 3.09. The molecule has 0 unspecified atom stereocenters. The van der Waals surface area contributed by atoms with Gasteiger partial charge in [-0.25, -0.2) is 0 Å². The van der Waals surface area contributed by atoms with Crippen molar-refractivity contribution in [2.24, 2.45) is 5.92 Å². The normalized spacial score (nSPS) is 13.0. The number of aromatic amines is 1. The maximum Gasteiger partial charge on any atom is 0.261 e. The van der Waals surface area contributed by atoms with Crippen molar-refractivity contribution in [2.45, 2.75) is 33.2 Å². The van der Waals surface area contributed by atoms with Crippen molar-refractivity contribution in [3.05, 3.63) is 63.6 Å². The van der Waals surface area contributed by atoms with E-state index in [-0.39, 0.29) is 48.4 Å². The van der Waals surface area contributed by atoms with Crippen molar-refractivity contribution in [2.75, 3.05) is 13.2 Å². The highest BCUT2D eigenvalue weighted by atomic mass is 16.5. The van der Waals surface area contributed by atoms with Gasteiger partial charge in [0.25, 0.3) is 11.8 Å². The molecule has 0 radical (unpaired) electrons. The summed E-state index contributed by atoms with van der Waals surface area (Å²) < 4.78 is 5.43. The highest BCUT2D eigenvalue weighted by Gasteiger charge is 2.34. The summed E-state index contributed by atoms with van der Waals surface area (Å²) in [7, 11) is 0.